The fourth-order valence-electron chi connectivity index (χ4n) is 0.399. The summed E-state index contributed by atoms with van der Waals surface area (Å²) in [5.41, 5.74) is 0. The van der Waals surface area contributed by atoms with Gasteiger partial charge in [0.15, 0.2) is 0 Å². The van der Waals surface area contributed by atoms with Gasteiger partial charge in [-0.1, -0.05) is 0 Å². The van der Waals surface area contributed by atoms with Crippen molar-refractivity contribution in [2.75, 3.05) is 7.11 Å². The molecule has 0 heterocycles. The van der Waals surface area contributed by atoms with Crippen LogP contribution in [0.25, 0.3) is 0 Å². The van der Waals surface area contributed by atoms with E-state index in [1.54, 1.807) is 0 Å². The molecule has 0 aliphatic carbocycles. The topological polar surface area (TPSA) is 26.3 Å². The maximum absolute atomic E-state index is 10.4. The van der Waals surface area contributed by atoms with Crippen LogP contribution in [0.5, 0.6) is 0 Å². The largest absolute Gasteiger partial charge is 1.00 e. The van der Waals surface area contributed by atoms with E-state index in [0.717, 1.165) is 12.8 Å². The number of unbranched alkanes of at least 4 members (excludes halogenated alkanes) is 1. The Morgan fingerprint density at radius 2 is 2.27 bits per heavy atom. The SMILES string of the molecule is COC(=O)C#CCC[CH2][Zn+].[I-]. The van der Waals surface area contributed by atoms with Gasteiger partial charge in [0.05, 0.1) is 0 Å². The zero-order valence-electron chi connectivity index (χ0n) is 6.52. The van der Waals surface area contributed by atoms with Gasteiger partial charge in [0.1, 0.15) is 0 Å². The molecule has 58 valence electrons. The van der Waals surface area contributed by atoms with Gasteiger partial charge in [0, 0.05) is 0 Å². The van der Waals surface area contributed by atoms with Crippen molar-refractivity contribution in [1.29, 1.82) is 0 Å². The normalized spacial score (nSPS) is 7.18. The average molecular weight is 317 g/mol. The molecule has 0 spiro atoms. The van der Waals surface area contributed by atoms with Gasteiger partial charge < -0.3 is 24.0 Å². The zero-order valence-corrected chi connectivity index (χ0v) is 11.6. The van der Waals surface area contributed by atoms with E-state index in [9.17, 15) is 4.79 Å². The molecule has 0 radical (unpaired) electrons. The molecule has 4 heteroatoms. The van der Waals surface area contributed by atoms with Crippen LogP contribution in [0.4, 0.5) is 0 Å². The minimum absolute atomic E-state index is 0. The molecule has 0 unspecified atom stereocenters. The Hall–Kier alpha value is 0.383. The molecule has 0 bridgehead atoms. The molecule has 0 fully saturated rings. The van der Waals surface area contributed by atoms with E-state index < -0.39 is 5.97 Å². The quantitative estimate of drug-likeness (QED) is 0.146. The fourth-order valence-corrected chi connectivity index (χ4v) is 0.924. The summed E-state index contributed by atoms with van der Waals surface area (Å²) in [7, 11) is 1.34. The summed E-state index contributed by atoms with van der Waals surface area (Å²) in [5, 5.41) is 1.23. The van der Waals surface area contributed by atoms with Crippen molar-refractivity contribution in [3.8, 4) is 11.8 Å². The van der Waals surface area contributed by atoms with Crippen LogP contribution >= 0.6 is 0 Å². The van der Waals surface area contributed by atoms with Crippen molar-refractivity contribution in [1.82, 2.24) is 0 Å². The van der Waals surface area contributed by atoms with Crippen LogP contribution in [0.1, 0.15) is 12.8 Å². The molecule has 0 aromatic carbocycles. The standard InChI is InChI=1S/C7H9O2.HI.Zn/c1-3-4-5-6-7(8)9-2;;/h1,3-4H2,2H3;1H;/q;;+1/p-1. The number of carbonyl (C=O) groups excluding carboxylic acids is 1. The molecular weight excluding hydrogens is 308 g/mol. The number of rotatable bonds is 2. The van der Waals surface area contributed by atoms with Crippen LogP contribution in [-0.2, 0) is 27.8 Å². The number of carbonyl (C=O) groups is 1. The Kier molecular flexibility index (Phi) is 13.2. The summed E-state index contributed by atoms with van der Waals surface area (Å²) in [4.78, 5) is 10.4. The van der Waals surface area contributed by atoms with Crippen LogP contribution in [0.15, 0.2) is 0 Å². The van der Waals surface area contributed by atoms with Crippen molar-refractivity contribution < 1.29 is 51.8 Å². The van der Waals surface area contributed by atoms with Crippen molar-refractivity contribution >= 4 is 5.97 Å². The maximum Gasteiger partial charge on any atom is -1.00 e. The first-order chi connectivity index (χ1) is 4.81. The third kappa shape index (κ3) is 10.4. The number of hydrogen-bond donors (Lipinski definition) is 0. The Bertz CT molecular complexity index is 160. The van der Waals surface area contributed by atoms with Crippen LogP contribution in [0, 0.1) is 11.8 Å². The third-order valence-electron chi connectivity index (χ3n) is 0.928. The van der Waals surface area contributed by atoms with Gasteiger partial charge in [-0.15, -0.1) is 0 Å². The van der Waals surface area contributed by atoms with E-state index in [0.29, 0.717) is 0 Å². The van der Waals surface area contributed by atoms with Crippen LogP contribution in [0.2, 0.25) is 5.02 Å². The van der Waals surface area contributed by atoms with E-state index in [-0.39, 0.29) is 24.0 Å². The Morgan fingerprint density at radius 1 is 1.64 bits per heavy atom. The summed E-state index contributed by atoms with van der Waals surface area (Å²) < 4.78 is 4.33. The molecule has 0 atom stereocenters. The average Bonchev–Trinajstić information content (AvgIpc) is 1.98. The number of esters is 1. The Morgan fingerprint density at radius 3 is 2.73 bits per heavy atom. The molecule has 0 aromatic heterocycles. The van der Waals surface area contributed by atoms with E-state index in [1.807, 2.05) is 0 Å². The summed E-state index contributed by atoms with van der Waals surface area (Å²) in [5.74, 6) is 4.66. The summed E-state index contributed by atoms with van der Waals surface area (Å²) >= 11 is 1.31. The van der Waals surface area contributed by atoms with Gasteiger partial charge in [0.2, 0.25) is 0 Å². The minimum Gasteiger partial charge on any atom is -1.00 e. The molecule has 0 aromatic rings. The van der Waals surface area contributed by atoms with Crippen LogP contribution in [-0.4, -0.2) is 13.1 Å². The van der Waals surface area contributed by atoms with Gasteiger partial charge in [0.25, 0.3) is 0 Å². The molecule has 2 nitrogen and oxygen atoms in total. The molecule has 0 aliphatic rings. The number of ether oxygens (including phenoxy) is 1. The number of hydrogen-bond acceptors (Lipinski definition) is 2. The first-order valence-electron chi connectivity index (χ1n) is 3.17. The van der Waals surface area contributed by atoms with E-state index in [1.165, 1.54) is 30.4 Å². The zero-order chi connectivity index (χ0) is 7.82. The van der Waals surface area contributed by atoms with Crippen molar-refractivity contribution in [2.45, 2.75) is 17.9 Å². The van der Waals surface area contributed by atoms with Gasteiger partial charge in [-0.25, -0.2) is 0 Å². The molecule has 0 rings (SSSR count). The maximum atomic E-state index is 10.4. The summed E-state index contributed by atoms with van der Waals surface area (Å²) in [6.45, 7) is 0. The smallest absolute Gasteiger partial charge is 1.00 e. The van der Waals surface area contributed by atoms with Gasteiger partial charge >= 0.3 is 70.6 Å². The molecule has 0 aliphatic heterocycles. The van der Waals surface area contributed by atoms with Crippen molar-refractivity contribution in [2.24, 2.45) is 0 Å². The monoisotopic (exact) mass is 316 g/mol. The first kappa shape index (κ1) is 13.9. The summed E-state index contributed by atoms with van der Waals surface area (Å²) in [6, 6.07) is 0. The second-order valence-electron chi connectivity index (χ2n) is 1.75. The van der Waals surface area contributed by atoms with Gasteiger partial charge in [-0.05, 0) is 0 Å². The molecule has 0 amide bonds. The first-order valence-corrected chi connectivity index (χ1v) is 5.27. The van der Waals surface area contributed by atoms with Crippen molar-refractivity contribution in [3.63, 3.8) is 0 Å². The van der Waals surface area contributed by atoms with Crippen LogP contribution in [0.3, 0.4) is 0 Å². The summed E-state index contributed by atoms with van der Waals surface area (Å²) in [6.07, 6.45) is 1.92. The van der Waals surface area contributed by atoms with Gasteiger partial charge in [-0.3, -0.25) is 0 Å². The number of methoxy groups -OCH3 is 1. The second-order valence-corrected chi connectivity index (χ2v) is 3.23. The predicted octanol–water partition coefficient (Wildman–Crippen LogP) is -2.09. The van der Waals surface area contributed by atoms with Crippen LogP contribution < -0.4 is 24.0 Å². The Balaban J connectivity index is 0. The van der Waals surface area contributed by atoms with Gasteiger partial charge in [-0.2, -0.15) is 0 Å². The molecule has 11 heavy (non-hydrogen) atoms. The predicted molar refractivity (Wildman–Crippen MR) is 33.8 cm³/mol. The third-order valence-corrected chi connectivity index (χ3v) is 1.98. The molecule has 0 saturated heterocycles. The molecular formula is C7H9IO2Zn. The Labute approximate surface area is 94.1 Å². The van der Waals surface area contributed by atoms with E-state index in [2.05, 4.69) is 16.6 Å². The number of halogens is 1. The minimum atomic E-state index is -0.438. The fraction of sp³-hybridized carbons (Fsp3) is 0.571. The van der Waals surface area contributed by atoms with E-state index in [4.69, 9.17) is 0 Å². The molecule has 0 N–H and O–H groups in total. The molecule has 0 saturated carbocycles. The second kappa shape index (κ2) is 10.4. The van der Waals surface area contributed by atoms with Crippen molar-refractivity contribution in [3.05, 3.63) is 0 Å². The van der Waals surface area contributed by atoms with E-state index >= 15 is 0 Å².